The molecule has 2 heterocycles. The molecule has 114 valence electrons. The van der Waals surface area contributed by atoms with Gasteiger partial charge in [0.15, 0.2) is 0 Å². The van der Waals surface area contributed by atoms with E-state index in [2.05, 4.69) is 4.98 Å². The minimum Gasteiger partial charge on any atom is -0.339 e. The molecule has 1 aromatic heterocycles. The lowest BCUT2D eigenvalue weighted by atomic mass is 10.1. The number of pyridine rings is 1. The maximum atomic E-state index is 12.7. The van der Waals surface area contributed by atoms with Crippen LogP contribution in [0.1, 0.15) is 41.7 Å². The molecule has 0 bridgehead atoms. The number of nitrogens with zero attached hydrogens (tertiary/aromatic N) is 2. The Hall–Kier alpha value is -2.16. The molecule has 1 fully saturated rings. The van der Waals surface area contributed by atoms with E-state index in [9.17, 15) is 4.79 Å². The molecule has 2 aromatic rings. The van der Waals surface area contributed by atoms with Crippen LogP contribution in [-0.4, -0.2) is 28.9 Å². The van der Waals surface area contributed by atoms with Gasteiger partial charge in [0.05, 0.1) is 17.0 Å². The van der Waals surface area contributed by atoms with Crippen LogP contribution >= 0.6 is 0 Å². The molecule has 3 nitrogen and oxygen atoms in total. The molecule has 3 heteroatoms. The first-order valence-corrected chi connectivity index (χ1v) is 8.08. The highest BCUT2D eigenvalue weighted by molar-refractivity contribution is 5.95. The zero-order valence-electron chi connectivity index (χ0n) is 13.1. The first kappa shape index (κ1) is 14.8. The quantitative estimate of drug-likeness (QED) is 0.836. The zero-order chi connectivity index (χ0) is 15.4. The van der Waals surface area contributed by atoms with Crippen molar-refractivity contribution in [3.8, 4) is 11.3 Å². The Morgan fingerprint density at radius 3 is 2.27 bits per heavy atom. The molecule has 1 amide bonds. The van der Waals surface area contributed by atoms with Crippen LogP contribution in [0.3, 0.4) is 0 Å². The van der Waals surface area contributed by atoms with Crippen molar-refractivity contribution in [1.29, 1.82) is 0 Å². The number of carbonyl (C=O) groups is 1. The van der Waals surface area contributed by atoms with Crippen LogP contribution in [0.5, 0.6) is 0 Å². The van der Waals surface area contributed by atoms with Crippen molar-refractivity contribution < 1.29 is 4.79 Å². The van der Waals surface area contributed by atoms with Gasteiger partial charge in [0, 0.05) is 18.7 Å². The molecule has 0 radical (unpaired) electrons. The maximum absolute atomic E-state index is 12.7. The first-order chi connectivity index (χ1) is 10.8. The number of hydrogen-bond acceptors (Lipinski definition) is 2. The van der Waals surface area contributed by atoms with Gasteiger partial charge in [0.25, 0.3) is 5.91 Å². The van der Waals surface area contributed by atoms with Gasteiger partial charge in [-0.3, -0.25) is 9.78 Å². The second kappa shape index (κ2) is 6.73. The van der Waals surface area contributed by atoms with Gasteiger partial charge in [-0.15, -0.1) is 0 Å². The van der Waals surface area contributed by atoms with E-state index in [0.29, 0.717) is 0 Å². The van der Waals surface area contributed by atoms with Crippen molar-refractivity contribution in [2.45, 2.75) is 32.6 Å². The summed E-state index contributed by atoms with van der Waals surface area (Å²) >= 11 is 0. The van der Waals surface area contributed by atoms with Gasteiger partial charge in [-0.2, -0.15) is 0 Å². The Bertz CT molecular complexity index is 644. The van der Waals surface area contributed by atoms with E-state index >= 15 is 0 Å². The van der Waals surface area contributed by atoms with E-state index in [1.54, 1.807) is 0 Å². The number of benzene rings is 1. The van der Waals surface area contributed by atoms with E-state index in [1.807, 2.05) is 54.3 Å². The summed E-state index contributed by atoms with van der Waals surface area (Å²) in [6.45, 7) is 3.68. The standard InChI is InChI=1S/C19H22N2O/c1-15-17(19(22)21-13-7-2-3-8-14-21)11-12-18(20-15)16-9-5-4-6-10-16/h4-6,9-12H,2-3,7-8,13-14H2,1H3. The lowest BCUT2D eigenvalue weighted by molar-refractivity contribution is 0.0760. The summed E-state index contributed by atoms with van der Waals surface area (Å²) in [6, 6.07) is 14.0. The number of aryl methyl sites for hydroxylation is 1. The molecule has 1 aliphatic heterocycles. The highest BCUT2D eigenvalue weighted by atomic mass is 16.2. The van der Waals surface area contributed by atoms with E-state index in [4.69, 9.17) is 0 Å². The van der Waals surface area contributed by atoms with Crippen molar-refractivity contribution in [3.63, 3.8) is 0 Å². The number of rotatable bonds is 2. The molecule has 22 heavy (non-hydrogen) atoms. The largest absolute Gasteiger partial charge is 0.339 e. The molecule has 1 aromatic carbocycles. The predicted molar refractivity (Wildman–Crippen MR) is 88.8 cm³/mol. The minimum absolute atomic E-state index is 0.131. The summed E-state index contributed by atoms with van der Waals surface area (Å²) in [7, 11) is 0. The van der Waals surface area contributed by atoms with Gasteiger partial charge in [-0.05, 0) is 31.9 Å². The lowest BCUT2D eigenvalue weighted by Gasteiger charge is -2.21. The van der Waals surface area contributed by atoms with Gasteiger partial charge >= 0.3 is 0 Å². The van der Waals surface area contributed by atoms with E-state index in [1.165, 1.54) is 12.8 Å². The molecule has 0 atom stereocenters. The monoisotopic (exact) mass is 294 g/mol. The molecule has 0 aliphatic carbocycles. The fourth-order valence-electron chi connectivity index (χ4n) is 3.00. The Balaban J connectivity index is 1.84. The third kappa shape index (κ3) is 3.19. The van der Waals surface area contributed by atoms with E-state index in [-0.39, 0.29) is 5.91 Å². The van der Waals surface area contributed by atoms with Crippen molar-refractivity contribution in [2.75, 3.05) is 13.1 Å². The SMILES string of the molecule is Cc1nc(-c2ccccc2)ccc1C(=O)N1CCCCCC1. The number of amides is 1. The fraction of sp³-hybridized carbons (Fsp3) is 0.368. The van der Waals surface area contributed by atoms with Crippen LogP contribution in [0.15, 0.2) is 42.5 Å². The highest BCUT2D eigenvalue weighted by Gasteiger charge is 2.19. The van der Waals surface area contributed by atoms with Crippen LogP contribution < -0.4 is 0 Å². The van der Waals surface area contributed by atoms with Crippen LogP contribution in [0, 0.1) is 6.92 Å². The zero-order valence-corrected chi connectivity index (χ0v) is 13.1. The summed E-state index contributed by atoms with van der Waals surface area (Å²) in [5, 5.41) is 0. The minimum atomic E-state index is 0.131. The Labute approximate surface area is 132 Å². The normalized spacial score (nSPS) is 15.4. The molecular formula is C19H22N2O. The van der Waals surface area contributed by atoms with Crippen LogP contribution in [-0.2, 0) is 0 Å². The van der Waals surface area contributed by atoms with E-state index < -0.39 is 0 Å². The predicted octanol–water partition coefficient (Wildman–Crippen LogP) is 4.07. The number of carbonyl (C=O) groups excluding carboxylic acids is 1. The van der Waals surface area contributed by atoms with Crippen molar-refractivity contribution in [3.05, 3.63) is 53.7 Å². The summed E-state index contributed by atoms with van der Waals surface area (Å²) in [6.07, 6.45) is 4.68. The molecule has 0 saturated carbocycles. The van der Waals surface area contributed by atoms with Gasteiger partial charge in [-0.25, -0.2) is 0 Å². The first-order valence-electron chi connectivity index (χ1n) is 8.08. The third-order valence-electron chi connectivity index (χ3n) is 4.28. The van der Waals surface area contributed by atoms with Crippen LogP contribution in [0.25, 0.3) is 11.3 Å². The van der Waals surface area contributed by atoms with Crippen LogP contribution in [0.4, 0.5) is 0 Å². The summed E-state index contributed by atoms with van der Waals surface area (Å²) in [5.74, 6) is 0.131. The van der Waals surface area contributed by atoms with Crippen LogP contribution in [0.2, 0.25) is 0 Å². The fourth-order valence-corrected chi connectivity index (χ4v) is 3.00. The Morgan fingerprint density at radius 1 is 0.955 bits per heavy atom. The molecule has 3 rings (SSSR count). The summed E-state index contributed by atoms with van der Waals surface area (Å²) in [5.41, 5.74) is 3.56. The number of hydrogen-bond donors (Lipinski definition) is 0. The molecule has 1 saturated heterocycles. The van der Waals surface area contributed by atoms with Crippen molar-refractivity contribution in [2.24, 2.45) is 0 Å². The molecule has 0 unspecified atom stereocenters. The second-order valence-electron chi connectivity index (χ2n) is 5.90. The Morgan fingerprint density at radius 2 is 1.64 bits per heavy atom. The second-order valence-corrected chi connectivity index (χ2v) is 5.90. The highest BCUT2D eigenvalue weighted by Crippen LogP contribution is 2.20. The average Bonchev–Trinajstić information content (AvgIpc) is 2.84. The summed E-state index contributed by atoms with van der Waals surface area (Å²) < 4.78 is 0. The Kier molecular flexibility index (Phi) is 4.52. The van der Waals surface area contributed by atoms with Crippen molar-refractivity contribution in [1.82, 2.24) is 9.88 Å². The van der Waals surface area contributed by atoms with Gasteiger partial charge < -0.3 is 4.90 Å². The third-order valence-corrected chi connectivity index (χ3v) is 4.28. The smallest absolute Gasteiger partial charge is 0.255 e. The molecule has 0 N–H and O–H groups in total. The lowest BCUT2D eigenvalue weighted by Crippen LogP contribution is -2.32. The van der Waals surface area contributed by atoms with Crippen molar-refractivity contribution >= 4 is 5.91 Å². The average molecular weight is 294 g/mol. The van der Waals surface area contributed by atoms with Gasteiger partial charge in [-0.1, -0.05) is 43.2 Å². The maximum Gasteiger partial charge on any atom is 0.255 e. The number of likely N-dealkylation sites (tertiary alicyclic amines) is 1. The molecule has 1 aliphatic rings. The number of aromatic nitrogens is 1. The topological polar surface area (TPSA) is 33.2 Å². The summed E-state index contributed by atoms with van der Waals surface area (Å²) in [4.78, 5) is 19.3. The van der Waals surface area contributed by atoms with Gasteiger partial charge in [0.2, 0.25) is 0 Å². The molecular weight excluding hydrogens is 272 g/mol. The van der Waals surface area contributed by atoms with E-state index in [0.717, 1.165) is 48.4 Å². The van der Waals surface area contributed by atoms with Gasteiger partial charge in [0.1, 0.15) is 0 Å². The molecule has 0 spiro atoms.